The van der Waals surface area contributed by atoms with E-state index in [9.17, 15) is 4.79 Å². The van der Waals surface area contributed by atoms with Gasteiger partial charge in [-0.05, 0) is 42.9 Å². The molecular formula is C22H27ClN2O3. The number of fused-ring (bicyclic) bond motifs is 1. The Kier molecular flexibility index (Phi) is 7.18. The number of carbonyl (C=O) groups excluding carboxylic acids is 1. The highest BCUT2D eigenvalue weighted by molar-refractivity contribution is 6.30. The van der Waals surface area contributed by atoms with Crippen molar-refractivity contribution in [3.8, 4) is 11.5 Å². The second-order valence-corrected chi connectivity index (χ2v) is 7.20. The van der Waals surface area contributed by atoms with Crippen molar-refractivity contribution in [2.75, 3.05) is 26.2 Å². The molecule has 1 aliphatic heterocycles. The van der Waals surface area contributed by atoms with Gasteiger partial charge in [0.05, 0.1) is 0 Å². The van der Waals surface area contributed by atoms with Crippen LogP contribution in [0.4, 0.5) is 0 Å². The van der Waals surface area contributed by atoms with Gasteiger partial charge in [-0.2, -0.15) is 0 Å². The number of hydrogen-bond donors (Lipinski definition) is 1. The zero-order chi connectivity index (χ0) is 19.9. The van der Waals surface area contributed by atoms with Gasteiger partial charge in [0.25, 0.3) is 5.91 Å². The Labute approximate surface area is 171 Å². The summed E-state index contributed by atoms with van der Waals surface area (Å²) in [7, 11) is 0. The molecule has 0 fully saturated rings. The van der Waals surface area contributed by atoms with E-state index in [0.29, 0.717) is 24.6 Å². The summed E-state index contributed by atoms with van der Waals surface area (Å²) >= 11 is 6.02. The number of ether oxygens (including phenoxy) is 2. The topological polar surface area (TPSA) is 50.8 Å². The second kappa shape index (κ2) is 9.80. The van der Waals surface area contributed by atoms with Gasteiger partial charge in [-0.15, -0.1) is 0 Å². The van der Waals surface area contributed by atoms with E-state index in [2.05, 4.69) is 24.1 Å². The molecule has 1 heterocycles. The molecule has 0 aliphatic carbocycles. The van der Waals surface area contributed by atoms with Crippen molar-refractivity contribution in [1.29, 1.82) is 0 Å². The van der Waals surface area contributed by atoms with E-state index in [4.69, 9.17) is 21.1 Å². The number of para-hydroxylation sites is 1. The summed E-state index contributed by atoms with van der Waals surface area (Å²) in [4.78, 5) is 14.9. The lowest BCUT2D eigenvalue weighted by molar-refractivity contribution is -0.127. The van der Waals surface area contributed by atoms with Crippen molar-refractivity contribution in [2.45, 2.75) is 32.9 Å². The molecule has 1 N–H and O–H groups in total. The van der Waals surface area contributed by atoms with E-state index in [0.717, 1.165) is 42.3 Å². The van der Waals surface area contributed by atoms with Gasteiger partial charge in [0.15, 0.2) is 6.10 Å². The van der Waals surface area contributed by atoms with Crippen LogP contribution in [0.1, 0.15) is 25.0 Å². The van der Waals surface area contributed by atoms with Gasteiger partial charge in [0, 0.05) is 30.1 Å². The summed E-state index contributed by atoms with van der Waals surface area (Å²) in [5, 5.41) is 3.62. The van der Waals surface area contributed by atoms with Crippen LogP contribution in [0, 0.1) is 0 Å². The second-order valence-electron chi connectivity index (χ2n) is 6.76. The van der Waals surface area contributed by atoms with Gasteiger partial charge in [-0.1, -0.05) is 43.6 Å². The molecule has 0 saturated carbocycles. The molecule has 0 bridgehead atoms. The molecule has 1 atom stereocenters. The van der Waals surface area contributed by atoms with Crippen molar-refractivity contribution in [1.82, 2.24) is 10.2 Å². The summed E-state index contributed by atoms with van der Waals surface area (Å²) in [6.07, 6.45) is 0.00762. The van der Waals surface area contributed by atoms with Gasteiger partial charge < -0.3 is 19.7 Å². The van der Waals surface area contributed by atoms with Crippen LogP contribution >= 0.6 is 11.6 Å². The van der Waals surface area contributed by atoms with Crippen LogP contribution in [0.25, 0.3) is 0 Å². The number of carbonyl (C=O) groups is 1. The predicted molar refractivity (Wildman–Crippen MR) is 111 cm³/mol. The molecule has 0 saturated heterocycles. The minimum absolute atomic E-state index is 0.134. The lowest BCUT2D eigenvalue weighted by Crippen LogP contribution is -2.37. The van der Waals surface area contributed by atoms with Gasteiger partial charge in [0.2, 0.25) is 0 Å². The SMILES string of the molecule is CCN(CC)CCOc1ccccc1CNC(=O)C1Cc2cc(Cl)ccc2O1. The number of rotatable bonds is 9. The summed E-state index contributed by atoms with van der Waals surface area (Å²) in [6.45, 7) is 8.20. The first-order chi connectivity index (χ1) is 13.6. The minimum atomic E-state index is -0.524. The Balaban J connectivity index is 1.53. The van der Waals surface area contributed by atoms with Crippen LogP contribution in [-0.4, -0.2) is 43.2 Å². The number of nitrogens with zero attached hydrogens (tertiary/aromatic N) is 1. The van der Waals surface area contributed by atoms with E-state index in [1.54, 1.807) is 6.07 Å². The first-order valence-corrected chi connectivity index (χ1v) is 10.1. The average Bonchev–Trinajstić information content (AvgIpc) is 3.13. The van der Waals surface area contributed by atoms with Crippen LogP contribution in [0.15, 0.2) is 42.5 Å². The number of amides is 1. The van der Waals surface area contributed by atoms with Gasteiger partial charge in [0.1, 0.15) is 18.1 Å². The third kappa shape index (κ3) is 5.18. The molecule has 1 amide bonds. The van der Waals surface area contributed by atoms with Gasteiger partial charge >= 0.3 is 0 Å². The highest BCUT2D eigenvalue weighted by Crippen LogP contribution is 2.31. The molecule has 0 aromatic heterocycles. The van der Waals surface area contributed by atoms with E-state index < -0.39 is 6.10 Å². The molecule has 2 aromatic carbocycles. The van der Waals surface area contributed by atoms with Crippen molar-refractivity contribution < 1.29 is 14.3 Å². The predicted octanol–water partition coefficient (Wildman–Crippen LogP) is 3.68. The first-order valence-electron chi connectivity index (χ1n) is 9.76. The summed E-state index contributed by atoms with van der Waals surface area (Å²) in [5.74, 6) is 1.40. The monoisotopic (exact) mass is 402 g/mol. The molecule has 3 rings (SSSR count). The molecule has 1 unspecified atom stereocenters. The third-order valence-electron chi connectivity index (χ3n) is 4.97. The molecule has 5 nitrogen and oxygen atoms in total. The molecule has 6 heteroatoms. The maximum atomic E-state index is 12.5. The Bertz CT molecular complexity index is 808. The Hall–Kier alpha value is -2.24. The molecule has 0 radical (unpaired) electrons. The van der Waals surface area contributed by atoms with Crippen molar-refractivity contribution in [3.05, 3.63) is 58.6 Å². The van der Waals surface area contributed by atoms with Crippen LogP contribution in [0.2, 0.25) is 5.02 Å². The Morgan fingerprint density at radius 1 is 1.25 bits per heavy atom. The van der Waals surface area contributed by atoms with E-state index >= 15 is 0 Å². The molecule has 1 aliphatic rings. The minimum Gasteiger partial charge on any atom is -0.492 e. The zero-order valence-electron chi connectivity index (χ0n) is 16.4. The first kappa shape index (κ1) is 20.5. The molecule has 150 valence electrons. The Morgan fingerprint density at radius 3 is 2.82 bits per heavy atom. The average molecular weight is 403 g/mol. The fourth-order valence-corrected chi connectivity index (χ4v) is 3.47. The largest absolute Gasteiger partial charge is 0.492 e. The zero-order valence-corrected chi connectivity index (χ0v) is 17.2. The number of benzene rings is 2. The normalized spacial score (nSPS) is 15.2. The molecule has 0 spiro atoms. The summed E-state index contributed by atoms with van der Waals surface area (Å²) < 4.78 is 11.7. The number of nitrogens with one attached hydrogen (secondary N) is 1. The lowest BCUT2D eigenvalue weighted by atomic mass is 10.1. The van der Waals surface area contributed by atoms with Crippen molar-refractivity contribution in [3.63, 3.8) is 0 Å². The third-order valence-corrected chi connectivity index (χ3v) is 5.21. The van der Waals surface area contributed by atoms with Crippen molar-refractivity contribution >= 4 is 17.5 Å². The van der Waals surface area contributed by atoms with Gasteiger partial charge in [-0.25, -0.2) is 0 Å². The smallest absolute Gasteiger partial charge is 0.261 e. The van der Waals surface area contributed by atoms with Gasteiger partial charge in [-0.3, -0.25) is 4.79 Å². The number of hydrogen-bond acceptors (Lipinski definition) is 4. The highest BCUT2D eigenvalue weighted by atomic mass is 35.5. The summed E-state index contributed by atoms with van der Waals surface area (Å²) in [5.41, 5.74) is 1.92. The summed E-state index contributed by atoms with van der Waals surface area (Å²) in [6, 6.07) is 13.2. The number of halogens is 1. The van der Waals surface area contributed by atoms with Crippen LogP contribution in [-0.2, 0) is 17.8 Å². The van der Waals surface area contributed by atoms with Crippen LogP contribution in [0.3, 0.4) is 0 Å². The van der Waals surface area contributed by atoms with Crippen molar-refractivity contribution in [2.24, 2.45) is 0 Å². The maximum absolute atomic E-state index is 12.5. The number of likely N-dealkylation sites (N-methyl/N-ethyl adjacent to an activating group) is 1. The molecular weight excluding hydrogens is 376 g/mol. The molecule has 28 heavy (non-hydrogen) atoms. The van der Waals surface area contributed by atoms with E-state index in [1.807, 2.05) is 36.4 Å². The standard InChI is InChI=1S/C22H27ClN2O3/c1-3-25(4-2)11-12-27-19-8-6-5-7-16(19)15-24-22(26)21-14-17-13-18(23)9-10-20(17)28-21/h5-10,13,21H,3-4,11-12,14-15H2,1-2H3,(H,24,26). The van der Waals surface area contributed by atoms with E-state index in [1.165, 1.54) is 0 Å². The highest BCUT2D eigenvalue weighted by Gasteiger charge is 2.29. The fourth-order valence-electron chi connectivity index (χ4n) is 3.27. The van der Waals surface area contributed by atoms with E-state index in [-0.39, 0.29) is 5.91 Å². The molecule has 2 aromatic rings. The lowest BCUT2D eigenvalue weighted by Gasteiger charge is -2.19. The fraction of sp³-hybridized carbons (Fsp3) is 0.409. The van der Waals surface area contributed by atoms with Crippen LogP contribution in [0.5, 0.6) is 11.5 Å². The van der Waals surface area contributed by atoms with Crippen LogP contribution < -0.4 is 14.8 Å². The quantitative estimate of drug-likeness (QED) is 0.695. The Morgan fingerprint density at radius 2 is 2.04 bits per heavy atom. The maximum Gasteiger partial charge on any atom is 0.261 e.